The smallest absolute Gasteiger partial charge is 0.191 e. The topological polar surface area (TPSA) is 70.4 Å². The highest BCUT2D eigenvalue weighted by atomic mass is 35.5. The van der Waals surface area contributed by atoms with Crippen LogP contribution < -0.4 is 15.5 Å². The lowest BCUT2D eigenvalue weighted by Gasteiger charge is -2.20. The predicted octanol–water partition coefficient (Wildman–Crippen LogP) is 1.77. The molecule has 1 aliphatic heterocycles. The van der Waals surface area contributed by atoms with Gasteiger partial charge in [0.05, 0.1) is 18.1 Å². The molecule has 0 aliphatic carbocycles. The Morgan fingerprint density at radius 3 is 3.08 bits per heavy atom. The minimum absolute atomic E-state index is 0.320. The summed E-state index contributed by atoms with van der Waals surface area (Å²) < 4.78 is 1.88. The summed E-state index contributed by atoms with van der Waals surface area (Å²) in [6.07, 6.45) is 6.53. The van der Waals surface area contributed by atoms with Gasteiger partial charge in [-0.25, -0.2) is 4.98 Å². The minimum atomic E-state index is 0.320. The number of guanidine groups is 1. The van der Waals surface area contributed by atoms with Gasteiger partial charge in [0.1, 0.15) is 5.82 Å². The monoisotopic (exact) mass is 361 g/mol. The number of aliphatic imine (C=N–C) groups is 1. The fraction of sp³-hybridized carbons (Fsp3) is 0.471. The Morgan fingerprint density at radius 2 is 2.32 bits per heavy atom. The van der Waals surface area contributed by atoms with Crippen LogP contribution in [0.25, 0.3) is 0 Å². The molecule has 1 atom stereocenters. The quantitative estimate of drug-likeness (QED) is 0.606. The maximum atomic E-state index is 6.26. The molecule has 0 amide bonds. The Kier molecular flexibility index (Phi) is 6.11. The van der Waals surface area contributed by atoms with Gasteiger partial charge in [0, 0.05) is 44.3 Å². The van der Waals surface area contributed by atoms with Crippen molar-refractivity contribution in [3.8, 4) is 0 Å². The molecule has 8 heteroatoms. The molecule has 0 aromatic carbocycles. The number of aromatic nitrogens is 3. The van der Waals surface area contributed by atoms with Crippen LogP contribution in [-0.4, -0.2) is 52.9 Å². The van der Waals surface area contributed by atoms with Crippen molar-refractivity contribution in [1.29, 1.82) is 0 Å². The lowest BCUT2D eigenvalue weighted by atomic mass is 10.3. The van der Waals surface area contributed by atoms with E-state index < -0.39 is 0 Å². The standard InChI is InChI=1S/C17H24ClN7/c1-2-19-17(21-9-12-25-10-4-8-22-25)23-14-6-11-24(13-14)16-15(18)5-3-7-20-16/h3-5,7-8,10,14H,2,6,9,11-13H2,1H3,(H2,19,21,23). The Balaban J connectivity index is 1.54. The van der Waals surface area contributed by atoms with Crippen LogP contribution in [0.5, 0.6) is 0 Å². The maximum Gasteiger partial charge on any atom is 0.191 e. The molecule has 1 fully saturated rings. The molecule has 2 N–H and O–H groups in total. The van der Waals surface area contributed by atoms with Crippen molar-refractivity contribution in [1.82, 2.24) is 25.4 Å². The van der Waals surface area contributed by atoms with E-state index in [2.05, 4.69) is 37.5 Å². The van der Waals surface area contributed by atoms with E-state index in [4.69, 9.17) is 11.6 Å². The molecule has 0 spiro atoms. The highest BCUT2D eigenvalue weighted by Gasteiger charge is 2.25. The second kappa shape index (κ2) is 8.71. The number of rotatable bonds is 6. The second-order valence-electron chi connectivity index (χ2n) is 5.91. The zero-order chi connectivity index (χ0) is 17.5. The molecule has 1 saturated heterocycles. The van der Waals surface area contributed by atoms with E-state index >= 15 is 0 Å². The summed E-state index contributed by atoms with van der Waals surface area (Å²) in [6.45, 7) is 6.14. The van der Waals surface area contributed by atoms with Crippen molar-refractivity contribution in [2.45, 2.75) is 25.9 Å². The first kappa shape index (κ1) is 17.5. The third-order valence-corrected chi connectivity index (χ3v) is 4.37. The highest BCUT2D eigenvalue weighted by Crippen LogP contribution is 2.25. The van der Waals surface area contributed by atoms with Crippen molar-refractivity contribution >= 4 is 23.4 Å². The molecule has 25 heavy (non-hydrogen) atoms. The Labute approximate surface area is 153 Å². The molecular weight excluding hydrogens is 338 g/mol. The number of nitrogens with one attached hydrogen (secondary N) is 2. The van der Waals surface area contributed by atoms with Gasteiger partial charge in [0.15, 0.2) is 5.96 Å². The molecule has 7 nitrogen and oxygen atoms in total. The zero-order valence-electron chi connectivity index (χ0n) is 14.4. The van der Waals surface area contributed by atoms with Gasteiger partial charge in [-0.2, -0.15) is 5.10 Å². The maximum absolute atomic E-state index is 6.26. The van der Waals surface area contributed by atoms with Crippen LogP contribution in [0.1, 0.15) is 13.3 Å². The first-order valence-corrected chi connectivity index (χ1v) is 9.02. The van der Waals surface area contributed by atoms with Gasteiger partial charge in [-0.05, 0) is 31.5 Å². The van der Waals surface area contributed by atoms with Crippen LogP contribution in [-0.2, 0) is 6.54 Å². The molecule has 0 radical (unpaired) electrons. The molecule has 2 aromatic heterocycles. The molecule has 1 unspecified atom stereocenters. The first-order chi connectivity index (χ1) is 12.3. The van der Waals surface area contributed by atoms with E-state index in [1.165, 1.54) is 0 Å². The largest absolute Gasteiger partial charge is 0.357 e. The molecule has 0 bridgehead atoms. The summed E-state index contributed by atoms with van der Waals surface area (Å²) in [5.74, 6) is 1.70. The van der Waals surface area contributed by atoms with Crippen molar-refractivity contribution in [2.75, 3.05) is 31.1 Å². The van der Waals surface area contributed by atoms with Crippen molar-refractivity contribution in [3.63, 3.8) is 0 Å². The molecule has 3 heterocycles. The molecule has 1 aliphatic rings. The van der Waals surface area contributed by atoms with Crippen molar-refractivity contribution in [3.05, 3.63) is 41.8 Å². The zero-order valence-corrected chi connectivity index (χ0v) is 15.2. The lowest BCUT2D eigenvalue weighted by molar-refractivity contribution is 0.613. The number of nitrogens with zero attached hydrogens (tertiary/aromatic N) is 5. The Bertz CT molecular complexity index is 686. The lowest BCUT2D eigenvalue weighted by Crippen LogP contribution is -2.44. The summed E-state index contributed by atoms with van der Waals surface area (Å²) in [5.41, 5.74) is 0. The van der Waals surface area contributed by atoms with Gasteiger partial charge in [-0.15, -0.1) is 0 Å². The van der Waals surface area contributed by atoms with E-state index in [1.54, 1.807) is 12.4 Å². The third kappa shape index (κ3) is 4.85. The molecule has 3 rings (SSSR count). The Morgan fingerprint density at radius 1 is 1.40 bits per heavy atom. The van der Waals surface area contributed by atoms with Crippen molar-refractivity contribution in [2.24, 2.45) is 4.99 Å². The van der Waals surface area contributed by atoms with E-state index in [1.807, 2.05) is 29.1 Å². The number of pyridine rings is 1. The average Bonchev–Trinajstić information content (AvgIpc) is 3.27. The summed E-state index contributed by atoms with van der Waals surface area (Å²) >= 11 is 6.26. The highest BCUT2D eigenvalue weighted by molar-refractivity contribution is 6.32. The fourth-order valence-corrected chi connectivity index (χ4v) is 3.13. The molecule has 134 valence electrons. The minimum Gasteiger partial charge on any atom is -0.357 e. The Hall–Kier alpha value is -2.28. The van der Waals surface area contributed by atoms with Gasteiger partial charge in [0.25, 0.3) is 0 Å². The van der Waals surface area contributed by atoms with Gasteiger partial charge in [0.2, 0.25) is 0 Å². The van der Waals surface area contributed by atoms with E-state index in [0.29, 0.717) is 17.6 Å². The van der Waals surface area contributed by atoms with Crippen LogP contribution >= 0.6 is 11.6 Å². The van der Waals surface area contributed by atoms with E-state index in [0.717, 1.165) is 44.4 Å². The summed E-state index contributed by atoms with van der Waals surface area (Å²) in [5, 5.41) is 11.7. The number of hydrogen-bond donors (Lipinski definition) is 2. The molecular formula is C17H24ClN7. The number of halogens is 1. The normalized spacial score (nSPS) is 17.8. The van der Waals surface area contributed by atoms with Crippen molar-refractivity contribution < 1.29 is 0 Å². The van der Waals surface area contributed by atoms with Crippen LogP contribution in [0.4, 0.5) is 5.82 Å². The van der Waals surface area contributed by atoms with Gasteiger partial charge < -0.3 is 15.5 Å². The first-order valence-electron chi connectivity index (χ1n) is 8.64. The van der Waals surface area contributed by atoms with Crippen LogP contribution in [0.3, 0.4) is 0 Å². The third-order valence-electron chi connectivity index (χ3n) is 4.07. The van der Waals surface area contributed by atoms with E-state index in [-0.39, 0.29) is 0 Å². The summed E-state index contributed by atoms with van der Waals surface area (Å²) in [4.78, 5) is 11.3. The SMILES string of the molecule is CCNC(=NCCn1cccn1)NC1CCN(c2ncccc2Cl)C1. The second-order valence-corrected chi connectivity index (χ2v) is 6.32. The van der Waals surface area contributed by atoms with Crippen LogP contribution in [0.2, 0.25) is 5.02 Å². The average molecular weight is 362 g/mol. The van der Waals surface area contributed by atoms with Gasteiger partial charge >= 0.3 is 0 Å². The fourth-order valence-electron chi connectivity index (χ4n) is 2.89. The summed E-state index contributed by atoms with van der Waals surface area (Å²) in [6, 6.07) is 5.97. The number of anilines is 1. The van der Waals surface area contributed by atoms with E-state index in [9.17, 15) is 0 Å². The van der Waals surface area contributed by atoms with Crippen LogP contribution in [0, 0.1) is 0 Å². The predicted molar refractivity (Wildman–Crippen MR) is 101 cm³/mol. The molecule has 2 aromatic rings. The van der Waals surface area contributed by atoms with Crippen LogP contribution in [0.15, 0.2) is 41.8 Å². The number of hydrogen-bond acceptors (Lipinski definition) is 4. The van der Waals surface area contributed by atoms with Gasteiger partial charge in [-0.3, -0.25) is 9.67 Å². The molecule has 0 saturated carbocycles. The van der Waals surface area contributed by atoms with Gasteiger partial charge in [-0.1, -0.05) is 11.6 Å². The summed E-state index contributed by atoms with van der Waals surface area (Å²) in [7, 11) is 0.